The Morgan fingerprint density at radius 2 is 1.79 bits per heavy atom. The molecule has 0 radical (unpaired) electrons. The number of aldehydes is 1. The first-order valence-electron chi connectivity index (χ1n) is 9.45. The SMILES string of the molecule is CO.Cc1ccc2c(=O)n(C)c(C(C=O)OC(C)C)c(-c3ccc(C)nc3)c2c1. The summed E-state index contributed by atoms with van der Waals surface area (Å²) < 4.78 is 7.36. The average Bonchev–Trinajstić information content (AvgIpc) is 2.71. The van der Waals surface area contributed by atoms with Gasteiger partial charge in [0.15, 0.2) is 12.4 Å². The van der Waals surface area contributed by atoms with Gasteiger partial charge in [-0.25, -0.2) is 0 Å². The van der Waals surface area contributed by atoms with Crippen LogP contribution in [0.3, 0.4) is 0 Å². The molecule has 0 amide bonds. The summed E-state index contributed by atoms with van der Waals surface area (Å²) in [6.07, 6.45) is 1.52. The van der Waals surface area contributed by atoms with Crippen LogP contribution in [0.15, 0.2) is 41.3 Å². The first-order chi connectivity index (χ1) is 13.8. The van der Waals surface area contributed by atoms with E-state index in [9.17, 15) is 9.59 Å². The topological polar surface area (TPSA) is 81.4 Å². The number of benzene rings is 1. The van der Waals surface area contributed by atoms with Crippen molar-refractivity contribution in [1.82, 2.24) is 9.55 Å². The molecule has 6 nitrogen and oxygen atoms in total. The van der Waals surface area contributed by atoms with Crippen LogP contribution < -0.4 is 5.56 Å². The smallest absolute Gasteiger partial charge is 0.258 e. The summed E-state index contributed by atoms with van der Waals surface area (Å²) in [6.45, 7) is 7.64. The minimum atomic E-state index is -0.844. The Balaban J connectivity index is 0.00000145. The number of aryl methyl sites for hydroxylation is 2. The molecule has 3 rings (SSSR count). The lowest BCUT2D eigenvalue weighted by Crippen LogP contribution is -2.26. The highest BCUT2D eigenvalue weighted by molar-refractivity contribution is 5.98. The third kappa shape index (κ3) is 4.60. The van der Waals surface area contributed by atoms with E-state index in [1.165, 1.54) is 4.57 Å². The number of rotatable bonds is 5. The molecule has 0 saturated heterocycles. The molecule has 0 saturated carbocycles. The van der Waals surface area contributed by atoms with Crippen molar-refractivity contribution in [3.8, 4) is 11.1 Å². The lowest BCUT2D eigenvalue weighted by atomic mass is 9.94. The highest BCUT2D eigenvalue weighted by Crippen LogP contribution is 2.35. The van der Waals surface area contributed by atoms with Crippen LogP contribution in [0.4, 0.5) is 0 Å². The molecular formula is C23H28N2O4. The molecule has 0 aliphatic rings. The fourth-order valence-corrected chi connectivity index (χ4v) is 3.35. The van der Waals surface area contributed by atoms with E-state index in [-0.39, 0.29) is 11.7 Å². The molecule has 1 atom stereocenters. The minimum absolute atomic E-state index is 0.150. The summed E-state index contributed by atoms with van der Waals surface area (Å²) in [5, 5.41) is 8.41. The Kier molecular flexibility index (Phi) is 7.42. The van der Waals surface area contributed by atoms with Gasteiger partial charge in [0.2, 0.25) is 0 Å². The summed E-state index contributed by atoms with van der Waals surface area (Å²) in [6, 6.07) is 9.62. The van der Waals surface area contributed by atoms with Gasteiger partial charge >= 0.3 is 0 Å². The van der Waals surface area contributed by atoms with E-state index in [2.05, 4.69) is 4.98 Å². The van der Waals surface area contributed by atoms with E-state index in [1.54, 1.807) is 13.2 Å². The molecule has 1 N–H and O–H groups in total. The summed E-state index contributed by atoms with van der Waals surface area (Å²) >= 11 is 0. The van der Waals surface area contributed by atoms with E-state index in [0.717, 1.165) is 41.2 Å². The van der Waals surface area contributed by atoms with Crippen molar-refractivity contribution in [3.63, 3.8) is 0 Å². The first kappa shape index (κ1) is 22.5. The van der Waals surface area contributed by atoms with Crippen LogP contribution in [0, 0.1) is 13.8 Å². The molecule has 0 bridgehead atoms. The quantitative estimate of drug-likeness (QED) is 0.668. The second kappa shape index (κ2) is 9.58. The van der Waals surface area contributed by atoms with E-state index < -0.39 is 6.10 Å². The Hall–Kier alpha value is -2.83. The van der Waals surface area contributed by atoms with Crippen molar-refractivity contribution in [1.29, 1.82) is 0 Å². The van der Waals surface area contributed by atoms with Crippen LogP contribution >= 0.6 is 0 Å². The molecule has 1 unspecified atom stereocenters. The summed E-state index contributed by atoms with van der Waals surface area (Å²) in [7, 11) is 2.68. The highest BCUT2D eigenvalue weighted by Gasteiger charge is 2.24. The summed E-state index contributed by atoms with van der Waals surface area (Å²) in [4.78, 5) is 29.3. The fraction of sp³-hybridized carbons (Fsp3) is 0.348. The molecule has 3 aromatic rings. The van der Waals surface area contributed by atoms with Crippen molar-refractivity contribution in [2.24, 2.45) is 7.05 Å². The van der Waals surface area contributed by atoms with Crippen LogP contribution in [-0.4, -0.2) is 34.2 Å². The van der Waals surface area contributed by atoms with Crippen molar-refractivity contribution in [2.45, 2.75) is 39.9 Å². The molecule has 0 fully saturated rings. The Bertz CT molecular complexity index is 1050. The Morgan fingerprint density at radius 3 is 2.34 bits per heavy atom. The zero-order valence-corrected chi connectivity index (χ0v) is 17.8. The number of carbonyl (C=O) groups is 1. The van der Waals surface area contributed by atoms with Crippen molar-refractivity contribution in [3.05, 3.63) is 63.8 Å². The van der Waals surface area contributed by atoms with E-state index >= 15 is 0 Å². The molecule has 6 heteroatoms. The maximum atomic E-state index is 13.0. The predicted molar refractivity (Wildman–Crippen MR) is 115 cm³/mol. The molecule has 154 valence electrons. The average molecular weight is 396 g/mol. The Morgan fingerprint density at radius 1 is 1.10 bits per heavy atom. The number of ether oxygens (including phenoxy) is 1. The van der Waals surface area contributed by atoms with Gasteiger partial charge in [-0.1, -0.05) is 23.8 Å². The van der Waals surface area contributed by atoms with Gasteiger partial charge in [0.05, 0.1) is 11.8 Å². The Labute approximate surface area is 170 Å². The van der Waals surface area contributed by atoms with Gasteiger partial charge in [-0.2, -0.15) is 0 Å². The van der Waals surface area contributed by atoms with Gasteiger partial charge in [0, 0.05) is 42.6 Å². The van der Waals surface area contributed by atoms with Gasteiger partial charge in [0.1, 0.15) is 0 Å². The number of aliphatic hydroxyl groups excluding tert-OH is 1. The third-order valence-electron chi connectivity index (χ3n) is 4.61. The van der Waals surface area contributed by atoms with E-state index in [0.29, 0.717) is 11.1 Å². The summed E-state index contributed by atoms with van der Waals surface area (Å²) in [5.41, 5.74) is 3.99. The number of pyridine rings is 2. The minimum Gasteiger partial charge on any atom is -0.400 e. The van der Waals surface area contributed by atoms with Gasteiger partial charge in [-0.15, -0.1) is 0 Å². The van der Waals surface area contributed by atoms with Crippen molar-refractivity contribution >= 4 is 17.1 Å². The van der Waals surface area contributed by atoms with E-state index in [4.69, 9.17) is 9.84 Å². The zero-order valence-electron chi connectivity index (χ0n) is 17.8. The monoisotopic (exact) mass is 396 g/mol. The number of fused-ring (bicyclic) bond motifs is 1. The van der Waals surface area contributed by atoms with Gasteiger partial charge in [-0.3, -0.25) is 9.78 Å². The molecule has 0 aliphatic heterocycles. The maximum absolute atomic E-state index is 13.0. The van der Waals surface area contributed by atoms with E-state index in [1.807, 2.05) is 58.0 Å². The van der Waals surface area contributed by atoms with Crippen molar-refractivity contribution in [2.75, 3.05) is 7.11 Å². The fourth-order valence-electron chi connectivity index (χ4n) is 3.35. The molecular weight excluding hydrogens is 368 g/mol. The standard InChI is InChI=1S/C22H24N2O3.CH4O/c1-13(2)27-19(12-25)21-20(16-8-7-15(4)23-11-16)18-10-14(3)6-9-17(18)22(26)24(21)5;1-2/h6-13,19H,1-5H3;2H,1H3. The molecule has 2 aromatic heterocycles. The van der Waals surface area contributed by atoms with Crippen LogP contribution in [0.25, 0.3) is 21.9 Å². The first-order valence-corrected chi connectivity index (χ1v) is 9.45. The largest absolute Gasteiger partial charge is 0.400 e. The molecule has 29 heavy (non-hydrogen) atoms. The number of nitrogens with zero attached hydrogens (tertiary/aromatic N) is 2. The molecule has 1 aromatic carbocycles. The number of hydrogen-bond acceptors (Lipinski definition) is 5. The molecule has 2 heterocycles. The van der Waals surface area contributed by atoms with Gasteiger partial charge in [0.25, 0.3) is 5.56 Å². The maximum Gasteiger partial charge on any atom is 0.258 e. The lowest BCUT2D eigenvalue weighted by Gasteiger charge is -2.23. The summed E-state index contributed by atoms with van der Waals surface area (Å²) in [5.74, 6) is 0. The number of hydrogen-bond donors (Lipinski definition) is 1. The van der Waals surface area contributed by atoms with Gasteiger partial charge in [-0.05, 0) is 45.2 Å². The van der Waals surface area contributed by atoms with Gasteiger partial charge < -0.3 is 19.2 Å². The zero-order chi connectivity index (χ0) is 21.7. The second-order valence-corrected chi connectivity index (χ2v) is 7.10. The van der Waals surface area contributed by atoms with Crippen LogP contribution in [-0.2, 0) is 16.6 Å². The van der Waals surface area contributed by atoms with Crippen LogP contribution in [0.5, 0.6) is 0 Å². The molecule has 0 spiro atoms. The number of aromatic nitrogens is 2. The second-order valence-electron chi connectivity index (χ2n) is 7.10. The number of aliphatic hydroxyl groups is 1. The lowest BCUT2D eigenvalue weighted by molar-refractivity contribution is -0.121. The van der Waals surface area contributed by atoms with Crippen molar-refractivity contribution < 1.29 is 14.6 Å². The normalized spacial score (nSPS) is 11.9. The predicted octanol–water partition coefficient (Wildman–Crippen LogP) is 3.49. The third-order valence-corrected chi connectivity index (χ3v) is 4.61. The molecule has 0 aliphatic carbocycles. The highest BCUT2D eigenvalue weighted by atomic mass is 16.5. The van der Waals surface area contributed by atoms with Crippen LogP contribution in [0.2, 0.25) is 0 Å². The van der Waals surface area contributed by atoms with Crippen LogP contribution in [0.1, 0.15) is 36.9 Å². The number of carbonyl (C=O) groups excluding carboxylic acids is 1.